The predicted octanol–water partition coefficient (Wildman–Crippen LogP) is 2.58. The van der Waals surface area contributed by atoms with E-state index in [2.05, 4.69) is 21.7 Å². The fourth-order valence-corrected chi connectivity index (χ4v) is 4.05. The maximum absolute atomic E-state index is 12.8. The predicted molar refractivity (Wildman–Crippen MR) is 103 cm³/mol. The Balaban J connectivity index is 1.45. The van der Waals surface area contributed by atoms with Crippen LogP contribution in [0, 0.1) is 23.2 Å². The minimum absolute atomic E-state index is 0.132. The first-order valence-corrected chi connectivity index (χ1v) is 9.88. The minimum Gasteiger partial charge on any atom is -0.508 e. The van der Waals surface area contributed by atoms with Crippen molar-refractivity contribution in [1.82, 2.24) is 15.6 Å². The van der Waals surface area contributed by atoms with Gasteiger partial charge in [-0.1, -0.05) is 12.8 Å². The highest BCUT2D eigenvalue weighted by molar-refractivity contribution is 5.98. The number of phenols is 1. The molecule has 0 radical (unpaired) electrons. The van der Waals surface area contributed by atoms with Crippen LogP contribution in [0.15, 0.2) is 24.3 Å². The van der Waals surface area contributed by atoms with Crippen molar-refractivity contribution in [2.75, 3.05) is 0 Å². The zero-order valence-corrected chi connectivity index (χ0v) is 15.6. The van der Waals surface area contributed by atoms with E-state index in [1.807, 2.05) is 0 Å². The van der Waals surface area contributed by atoms with Crippen molar-refractivity contribution in [1.29, 1.82) is 5.26 Å². The Morgan fingerprint density at radius 2 is 1.96 bits per heavy atom. The number of hydrogen-bond acceptors (Lipinski definition) is 4. The molecule has 1 aromatic carbocycles. The topological polar surface area (TPSA) is 118 Å². The molecular formula is C21H24N4O3. The van der Waals surface area contributed by atoms with Crippen molar-refractivity contribution in [2.45, 2.75) is 50.6 Å². The maximum atomic E-state index is 12.8. The van der Waals surface area contributed by atoms with Gasteiger partial charge in [-0.3, -0.25) is 9.59 Å². The lowest BCUT2D eigenvalue weighted by atomic mass is 9.83. The van der Waals surface area contributed by atoms with Crippen LogP contribution in [0.1, 0.15) is 49.0 Å². The fraction of sp³-hybridized carbons (Fsp3) is 0.476. The van der Waals surface area contributed by atoms with Crippen molar-refractivity contribution in [3.05, 3.63) is 30.0 Å². The quantitative estimate of drug-likeness (QED) is 0.637. The molecule has 7 nitrogen and oxygen atoms in total. The first kappa shape index (κ1) is 18.4. The van der Waals surface area contributed by atoms with E-state index in [1.54, 1.807) is 24.3 Å². The molecule has 0 bridgehead atoms. The Morgan fingerprint density at radius 3 is 2.71 bits per heavy atom. The molecule has 2 aliphatic rings. The van der Waals surface area contributed by atoms with E-state index in [0.29, 0.717) is 17.6 Å². The molecule has 2 fully saturated rings. The molecular weight excluding hydrogens is 356 g/mol. The Morgan fingerprint density at radius 1 is 1.18 bits per heavy atom. The highest BCUT2D eigenvalue weighted by Crippen LogP contribution is 2.33. The average Bonchev–Trinajstić information content (AvgIpc) is 3.45. The van der Waals surface area contributed by atoms with Gasteiger partial charge < -0.3 is 20.7 Å². The molecule has 4 rings (SSSR count). The van der Waals surface area contributed by atoms with Gasteiger partial charge in [-0.05, 0) is 49.8 Å². The lowest BCUT2D eigenvalue weighted by Crippen LogP contribution is -2.50. The lowest BCUT2D eigenvalue weighted by molar-refractivity contribution is -0.127. The third kappa shape index (κ3) is 3.81. The van der Waals surface area contributed by atoms with Crippen molar-refractivity contribution >= 4 is 22.7 Å². The van der Waals surface area contributed by atoms with Crippen LogP contribution in [0.5, 0.6) is 5.75 Å². The molecule has 0 spiro atoms. The molecule has 3 atom stereocenters. The van der Waals surface area contributed by atoms with E-state index in [4.69, 9.17) is 0 Å². The Bertz CT molecular complexity index is 941. The molecule has 2 saturated carbocycles. The summed E-state index contributed by atoms with van der Waals surface area (Å²) in [6, 6.07) is 8.14. The third-order valence-electron chi connectivity index (χ3n) is 5.80. The summed E-state index contributed by atoms with van der Waals surface area (Å²) in [5.41, 5.74) is 1.09. The van der Waals surface area contributed by atoms with E-state index in [0.717, 1.165) is 37.5 Å². The lowest BCUT2D eigenvalue weighted by Gasteiger charge is -2.31. The summed E-state index contributed by atoms with van der Waals surface area (Å²) in [4.78, 5) is 28.5. The first-order valence-electron chi connectivity index (χ1n) is 9.88. The molecule has 28 heavy (non-hydrogen) atoms. The van der Waals surface area contributed by atoms with Crippen LogP contribution in [-0.2, 0) is 4.79 Å². The fourth-order valence-electron chi connectivity index (χ4n) is 4.05. The van der Waals surface area contributed by atoms with Gasteiger partial charge in [0.2, 0.25) is 5.91 Å². The number of benzene rings is 1. The van der Waals surface area contributed by atoms with Gasteiger partial charge in [-0.2, -0.15) is 5.26 Å². The molecule has 2 aromatic rings. The SMILES string of the molecule is N#CC(NC(=O)[C@@H]1CCCC[C@@H]1NC(=O)c1cc2ccc(O)cc2[nH]1)C1CC1. The summed E-state index contributed by atoms with van der Waals surface area (Å²) in [7, 11) is 0. The summed E-state index contributed by atoms with van der Waals surface area (Å²) in [5, 5.41) is 25.6. The van der Waals surface area contributed by atoms with Gasteiger partial charge in [0.15, 0.2) is 0 Å². The number of carbonyl (C=O) groups is 2. The van der Waals surface area contributed by atoms with Gasteiger partial charge in [0.1, 0.15) is 17.5 Å². The summed E-state index contributed by atoms with van der Waals surface area (Å²) < 4.78 is 0. The largest absolute Gasteiger partial charge is 0.508 e. The molecule has 146 valence electrons. The number of nitrogens with zero attached hydrogens (tertiary/aromatic N) is 1. The normalized spacial score (nSPS) is 23.0. The molecule has 7 heteroatoms. The van der Waals surface area contributed by atoms with Crippen molar-refractivity contribution in [2.24, 2.45) is 11.8 Å². The van der Waals surface area contributed by atoms with E-state index in [1.165, 1.54) is 0 Å². The summed E-state index contributed by atoms with van der Waals surface area (Å²) in [6.07, 6.45) is 5.32. The zero-order valence-electron chi connectivity index (χ0n) is 15.6. The highest BCUT2D eigenvalue weighted by atomic mass is 16.3. The summed E-state index contributed by atoms with van der Waals surface area (Å²) in [5.74, 6) is -0.313. The van der Waals surface area contributed by atoms with Crippen LogP contribution in [0.3, 0.4) is 0 Å². The van der Waals surface area contributed by atoms with E-state index >= 15 is 0 Å². The van der Waals surface area contributed by atoms with Crippen molar-refractivity contribution in [3.63, 3.8) is 0 Å². The van der Waals surface area contributed by atoms with Crippen LogP contribution in [0.25, 0.3) is 10.9 Å². The second kappa shape index (κ2) is 7.55. The van der Waals surface area contributed by atoms with Crippen LogP contribution in [0.4, 0.5) is 0 Å². The molecule has 1 aromatic heterocycles. The Kier molecular flexibility index (Phi) is 4.95. The second-order valence-corrected chi connectivity index (χ2v) is 7.88. The molecule has 0 aliphatic heterocycles. The number of nitriles is 1. The average molecular weight is 380 g/mol. The van der Waals surface area contributed by atoms with E-state index in [-0.39, 0.29) is 35.4 Å². The number of aromatic amines is 1. The van der Waals surface area contributed by atoms with E-state index < -0.39 is 6.04 Å². The molecule has 1 heterocycles. The van der Waals surface area contributed by atoms with Gasteiger partial charge in [0, 0.05) is 23.0 Å². The number of amides is 2. The van der Waals surface area contributed by atoms with Gasteiger partial charge in [0.05, 0.1) is 12.0 Å². The van der Waals surface area contributed by atoms with Crippen LogP contribution < -0.4 is 10.6 Å². The number of phenolic OH excluding ortho intramolecular Hbond substituents is 1. The molecule has 4 N–H and O–H groups in total. The van der Waals surface area contributed by atoms with Gasteiger partial charge in [-0.15, -0.1) is 0 Å². The number of H-pyrrole nitrogens is 1. The minimum atomic E-state index is -0.424. The zero-order chi connectivity index (χ0) is 19.7. The molecule has 2 aliphatic carbocycles. The smallest absolute Gasteiger partial charge is 0.267 e. The summed E-state index contributed by atoms with van der Waals surface area (Å²) in [6.45, 7) is 0. The number of aromatic nitrogens is 1. The van der Waals surface area contributed by atoms with Crippen molar-refractivity contribution in [3.8, 4) is 11.8 Å². The van der Waals surface area contributed by atoms with E-state index in [9.17, 15) is 20.0 Å². The van der Waals surface area contributed by atoms with Crippen LogP contribution in [0.2, 0.25) is 0 Å². The number of nitrogens with one attached hydrogen (secondary N) is 3. The molecule has 1 unspecified atom stereocenters. The monoisotopic (exact) mass is 380 g/mol. The number of aromatic hydroxyl groups is 1. The molecule has 2 amide bonds. The van der Waals surface area contributed by atoms with Gasteiger partial charge in [0.25, 0.3) is 5.91 Å². The van der Waals surface area contributed by atoms with Crippen molar-refractivity contribution < 1.29 is 14.7 Å². The first-order chi connectivity index (χ1) is 13.5. The number of rotatable bonds is 5. The number of fused-ring (bicyclic) bond motifs is 1. The van der Waals surface area contributed by atoms with Gasteiger partial charge in [-0.25, -0.2) is 0 Å². The number of hydrogen-bond donors (Lipinski definition) is 4. The number of carbonyl (C=O) groups excluding carboxylic acids is 2. The third-order valence-corrected chi connectivity index (χ3v) is 5.80. The highest BCUT2D eigenvalue weighted by Gasteiger charge is 2.37. The van der Waals surface area contributed by atoms with Gasteiger partial charge >= 0.3 is 0 Å². The Labute approximate surface area is 163 Å². The molecule has 0 saturated heterocycles. The Hall–Kier alpha value is -3.01. The standard InChI is InChI=1S/C21H24N4O3/c22-11-19(12-5-6-12)25-20(27)15-3-1-2-4-16(15)24-21(28)18-9-13-7-8-14(26)10-17(13)23-18/h7-10,12,15-16,19,23,26H,1-6H2,(H,24,28)(H,25,27)/t15-,16+,19?/m1/s1. The maximum Gasteiger partial charge on any atom is 0.267 e. The second-order valence-electron chi connectivity index (χ2n) is 7.88. The van der Waals surface area contributed by atoms with Crippen LogP contribution >= 0.6 is 0 Å². The summed E-state index contributed by atoms with van der Waals surface area (Å²) >= 11 is 0. The van der Waals surface area contributed by atoms with Crippen LogP contribution in [-0.4, -0.2) is 34.0 Å².